The maximum Gasteiger partial charge on any atom is 0.231 e. The van der Waals surface area contributed by atoms with Crippen molar-refractivity contribution >= 4 is 0 Å². The van der Waals surface area contributed by atoms with E-state index in [-0.39, 0.29) is 13.4 Å². The zero-order valence-corrected chi connectivity index (χ0v) is 7.86. The molecule has 1 aromatic rings. The molecule has 1 aliphatic rings. The first-order valence-electron chi connectivity index (χ1n) is 4.37. The third-order valence-electron chi connectivity index (χ3n) is 2.30. The summed E-state index contributed by atoms with van der Waals surface area (Å²) in [6, 6.07) is 5.12. The van der Waals surface area contributed by atoms with E-state index in [1.807, 2.05) is 0 Å². The molecule has 4 nitrogen and oxygen atoms in total. The van der Waals surface area contributed by atoms with Crippen LogP contribution in [0.15, 0.2) is 18.2 Å². The van der Waals surface area contributed by atoms with Gasteiger partial charge in [-0.15, -0.1) is 0 Å². The molecule has 1 heterocycles. The molecule has 1 unspecified atom stereocenters. The zero-order chi connectivity index (χ0) is 10.2. The predicted octanol–water partition coefficient (Wildman–Crippen LogP) is 0.615. The summed E-state index contributed by atoms with van der Waals surface area (Å²) in [5, 5.41) is 18.8. The molecule has 0 bridgehead atoms. The third-order valence-corrected chi connectivity index (χ3v) is 2.30. The highest BCUT2D eigenvalue weighted by atomic mass is 16.7. The SMILES string of the molecule is CC(O)(CO)c1ccc2c(c1)OCO2. The average Bonchev–Trinajstić information content (AvgIpc) is 2.64. The van der Waals surface area contributed by atoms with Crippen molar-refractivity contribution in [3.8, 4) is 11.5 Å². The summed E-state index contributed by atoms with van der Waals surface area (Å²) in [6.07, 6.45) is 0. The lowest BCUT2D eigenvalue weighted by Gasteiger charge is -2.20. The van der Waals surface area contributed by atoms with E-state index < -0.39 is 5.60 Å². The molecule has 1 atom stereocenters. The molecule has 0 saturated heterocycles. The highest BCUT2D eigenvalue weighted by Gasteiger charge is 2.24. The van der Waals surface area contributed by atoms with Gasteiger partial charge in [-0.3, -0.25) is 0 Å². The molecule has 2 rings (SSSR count). The molecule has 0 saturated carbocycles. The van der Waals surface area contributed by atoms with E-state index in [1.165, 1.54) is 0 Å². The Bertz CT molecular complexity index is 346. The predicted molar refractivity (Wildman–Crippen MR) is 49.2 cm³/mol. The van der Waals surface area contributed by atoms with Crippen molar-refractivity contribution < 1.29 is 19.7 Å². The molecule has 0 fully saturated rings. The molecule has 1 aromatic carbocycles. The quantitative estimate of drug-likeness (QED) is 0.727. The van der Waals surface area contributed by atoms with E-state index in [0.29, 0.717) is 17.1 Å². The zero-order valence-electron chi connectivity index (χ0n) is 7.86. The van der Waals surface area contributed by atoms with E-state index in [2.05, 4.69) is 0 Å². The number of fused-ring (bicyclic) bond motifs is 1. The van der Waals surface area contributed by atoms with Crippen LogP contribution in [0.25, 0.3) is 0 Å². The Labute approximate surface area is 81.7 Å². The summed E-state index contributed by atoms with van der Waals surface area (Å²) in [7, 11) is 0. The minimum Gasteiger partial charge on any atom is -0.454 e. The fourth-order valence-electron chi connectivity index (χ4n) is 1.32. The highest BCUT2D eigenvalue weighted by Crippen LogP contribution is 2.35. The second kappa shape index (κ2) is 3.15. The van der Waals surface area contributed by atoms with Crippen molar-refractivity contribution in [2.75, 3.05) is 13.4 Å². The molecular formula is C10H12O4. The van der Waals surface area contributed by atoms with Crippen LogP contribution in [0.1, 0.15) is 12.5 Å². The minimum absolute atomic E-state index is 0.208. The number of hydrogen-bond acceptors (Lipinski definition) is 4. The van der Waals surface area contributed by atoms with Gasteiger partial charge in [-0.25, -0.2) is 0 Å². The number of hydrogen-bond donors (Lipinski definition) is 2. The van der Waals surface area contributed by atoms with Crippen molar-refractivity contribution in [1.29, 1.82) is 0 Å². The highest BCUT2D eigenvalue weighted by molar-refractivity contribution is 5.45. The molecule has 2 N–H and O–H groups in total. The Morgan fingerprint density at radius 1 is 1.36 bits per heavy atom. The van der Waals surface area contributed by atoms with Gasteiger partial charge in [-0.05, 0) is 24.6 Å². The smallest absolute Gasteiger partial charge is 0.231 e. The number of aliphatic hydroxyl groups excluding tert-OH is 1. The summed E-state index contributed by atoms with van der Waals surface area (Å²) in [5.74, 6) is 1.28. The van der Waals surface area contributed by atoms with Crippen LogP contribution in [0, 0.1) is 0 Å². The van der Waals surface area contributed by atoms with E-state index in [1.54, 1.807) is 25.1 Å². The summed E-state index contributed by atoms with van der Waals surface area (Å²) < 4.78 is 10.3. The molecule has 76 valence electrons. The Kier molecular flexibility index (Phi) is 2.09. The normalized spacial score (nSPS) is 17.9. The van der Waals surface area contributed by atoms with Gasteiger partial charge in [-0.2, -0.15) is 0 Å². The summed E-state index contributed by atoms with van der Waals surface area (Å²) >= 11 is 0. The Hall–Kier alpha value is -1.26. The van der Waals surface area contributed by atoms with Crippen LogP contribution < -0.4 is 9.47 Å². The fraction of sp³-hybridized carbons (Fsp3) is 0.400. The van der Waals surface area contributed by atoms with Gasteiger partial charge in [0.2, 0.25) is 6.79 Å². The van der Waals surface area contributed by atoms with E-state index in [9.17, 15) is 5.11 Å². The van der Waals surface area contributed by atoms with Crippen LogP contribution in [-0.2, 0) is 5.60 Å². The lowest BCUT2D eigenvalue weighted by atomic mass is 9.97. The van der Waals surface area contributed by atoms with Crippen LogP contribution in [0.5, 0.6) is 11.5 Å². The van der Waals surface area contributed by atoms with Gasteiger partial charge >= 0.3 is 0 Å². The van der Waals surface area contributed by atoms with Crippen LogP contribution in [0.3, 0.4) is 0 Å². The molecule has 14 heavy (non-hydrogen) atoms. The molecule has 0 aromatic heterocycles. The van der Waals surface area contributed by atoms with Crippen molar-refractivity contribution in [2.24, 2.45) is 0 Å². The van der Waals surface area contributed by atoms with Crippen LogP contribution in [0.2, 0.25) is 0 Å². The lowest BCUT2D eigenvalue weighted by Crippen LogP contribution is -2.25. The van der Waals surface area contributed by atoms with E-state index in [4.69, 9.17) is 14.6 Å². The van der Waals surface area contributed by atoms with Gasteiger partial charge < -0.3 is 19.7 Å². The van der Waals surface area contributed by atoms with Crippen molar-refractivity contribution in [3.05, 3.63) is 23.8 Å². The number of aliphatic hydroxyl groups is 2. The second-order valence-corrected chi connectivity index (χ2v) is 3.50. The largest absolute Gasteiger partial charge is 0.454 e. The van der Waals surface area contributed by atoms with E-state index in [0.717, 1.165) is 0 Å². The Morgan fingerprint density at radius 3 is 2.79 bits per heavy atom. The van der Waals surface area contributed by atoms with Gasteiger partial charge in [0, 0.05) is 0 Å². The first-order valence-corrected chi connectivity index (χ1v) is 4.37. The fourth-order valence-corrected chi connectivity index (χ4v) is 1.32. The minimum atomic E-state index is -1.24. The molecule has 0 spiro atoms. The Morgan fingerprint density at radius 2 is 2.07 bits per heavy atom. The van der Waals surface area contributed by atoms with Gasteiger partial charge in [0.05, 0.1) is 6.61 Å². The van der Waals surface area contributed by atoms with Crippen LogP contribution in [-0.4, -0.2) is 23.6 Å². The molecule has 0 aliphatic carbocycles. The lowest BCUT2D eigenvalue weighted by molar-refractivity contribution is -0.00240. The third kappa shape index (κ3) is 1.42. The van der Waals surface area contributed by atoms with Gasteiger partial charge in [0.1, 0.15) is 5.60 Å². The maximum atomic E-state index is 9.78. The number of rotatable bonds is 2. The van der Waals surface area contributed by atoms with Gasteiger partial charge in [0.25, 0.3) is 0 Å². The van der Waals surface area contributed by atoms with Crippen LogP contribution in [0.4, 0.5) is 0 Å². The van der Waals surface area contributed by atoms with Crippen LogP contribution >= 0.6 is 0 Å². The van der Waals surface area contributed by atoms with Crippen molar-refractivity contribution in [2.45, 2.75) is 12.5 Å². The van der Waals surface area contributed by atoms with Crippen molar-refractivity contribution in [3.63, 3.8) is 0 Å². The maximum absolute atomic E-state index is 9.78. The summed E-state index contributed by atoms with van der Waals surface area (Å²) in [5.41, 5.74) is -0.620. The first kappa shape index (κ1) is 9.30. The molecular weight excluding hydrogens is 184 g/mol. The van der Waals surface area contributed by atoms with E-state index >= 15 is 0 Å². The van der Waals surface area contributed by atoms with Crippen molar-refractivity contribution in [1.82, 2.24) is 0 Å². The number of ether oxygens (including phenoxy) is 2. The molecule has 4 heteroatoms. The van der Waals surface area contributed by atoms with Gasteiger partial charge in [0.15, 0.2) is 11.5 Å². The topological polar surface area (TPSA) is 58.9 Å². The Balaban J connectivity index is 2.38. The molecule has 0 amide bonds. The average molecular weight is 196 g/mol. The van der Waals surface area contributed by atoms with Gasteiger partial charge in [-0.1, -0.05) is 6.07 Å². The number of benzene rings is 1. The molecule has 0 radical (unpaired) electrons. The molecule has 1 aliphatic heterocycles. The first-order chi connectivity index (χ1) is 6.63. The summed E-state index contributed by atoms with van der Waals surface area (Å²) in [6.45, 7) is 1.43. The summed E-state index contributed by atoms with van der Waals surface area (Å²) in [4.78, 5) is 0. The standard InChI is InChI=1S/C10H12O4/c1-10(12,5-11)7-2-3-8-9(4-7)14-6-13-8/h2-4,11-12H,5-6H2,1H3. The second-order valence-electron chi connectivity index (χ2n) is 3.50. The monoisotopic (exact) mass is 196 g/mol.